The summed E-state index contributed by atoms with van der Waals surface area (Å²) in [5.74, 6) is -0.497. The predicted molar refractivity (Wildman–Crippen MR) is 117 cm³/mol. The van der Waals surface area contributed by atoms with Crippen LogP contribution >= 0.6 is 23.4 Å². The molecule has 0 radical (unpaired) electrons. The van der Waals surface area contributed by atoms with E-state index in [-0.39, 0.29) is 29.9 Å². The van der Waals surface area contributed by atoms with Crippen molar-refractivity contribution in [3.05, 3.63) is 64.9 Å². The highest BCUT2D eigenvalue weighted by Gasteiger charge is 2.26. The predicted octanol–water partition coefficient (Wildman–Crippen LogP) is 4.90. The molecule has 0 bridgehead atoms. The van der Waals surface area contributed by atoms with Crippen molar-refractivity contribution in [3.63, 3.8) is 0 Å². The molecule has 156 valence electrons. The number of halogens is 2. The molecule has 4 nitrogen and oxygen atoms in total. The molecule has 0 saturated carbocycles. The Hall–Kier alpha value is -2.05. The van der Waals surface area contributed by atoms with Crippen LogP contribution < -0.4 is 5.32 Å². The summed E-state index contributed by atoms with van der Waals surface area (Å²) < 4.78 is 13.2. The van der Waals surface area contributed by atoms with E-state index in [1.54, 1.807) is 31.2 Å². The van der Waals surface area contributed by atoms with Gasteiger partial charge in [0.15, 0.2) is 0 Å². The van der Waals surface area contributed by atoms with E-state index < -0.39 is 6.04 Å². The molecule has 0 aliphatic carbocycles. The van der Waals surface area contributed by atoms with Gasteiger partial charge in [-0.2, -0.15) is 0 Å². The van der Waals surface area contributed by atoms with E-state index in [0.717, 1.165) is 23.3 Å². The highest BCUT2D eigenvalue weighted by Crippen LogP contribution is 2.22. The first kappa shape index (κ1) is 23.2. The quantitative estimate of drug-likeness (QED) is 0.425. The number of amides is 2. The Balaban J connectivity index is 2.08. The maximum atomic E-state index is 13.2. The van der Waals surface area contributed by atoms with Crippen molar-refractivity contribution in [3.8, 4) is 0 Å². The lowest BCUT2D eigenvalue weighted by atomic mass is 10.1. The highest BCUT2D eigenvalue weighted by molar-refractivity contribution is 8.00. The van der Waals surface area contributed by atoms with Crippen molar-refractivity contribution in [1.82, 2.24) is 10.2 Å². The minimum absolute atomic E-state index is 0.160. The first-order chi connectivity index (χ1) is 13.9. The molecule has 0 aliphatic rings. The smallest absolute Gasteiger partial charge is 0.242 e. The zero-order chi connectivity index (χ0) is 21.2. The molecule has 0 fully saturated rings. The van der Waals surface area contributed by atoms with Crippen molar-refractivity contribution in [2.75, 3.05) is 12.3 Å². The number of nitrogens with one attached hydrogen (secondary N) is 1. The Morgan fingerprint density at radius 2 is 1.79 bits per heavy atom. The molecule has 7 heteroatoms. The summed E-state index contributed by atoms with van der Waals surface area (Å²) in [5, 5.41) is 3.51. The van der Waals surface area contributed by atoms with Crippen molar-refractivity contribution < 1.29 is 14.0 Å². The normalized spacial score (nSPS) is 11.7. The summed E-state index contributed by atoms with van der Waals surface area (Å²) in [6.45, 7) is 4.59. The van der Waals surface area contributed by atoms with Crippen LogP contribution in [0, 0.1) is 5.82 Å². The van der Waals surface area contributed by atoms with Gasteiger partial charge in [0.25, 0.3) is 0 Å². The van der Waals surface area contributed by atoms with Gasteiger partial charge in [-0.05, 0) is 55.3 Å². The summed E-state index contributed by atoms with van der Waals surface area (Å²) in [7, 11) is 0. The van der Waals surface area contributed by atoms with Gasteiger partial charge in [0.05, 0.1) is 5.75 Å². The van der Waals surface area contributed by atoms with E-state index >= 15 is 0 Å². The summed E-state index contributed by atoms with van der Waals surface area (Å²) in [4.78, 5) is 27.9. The Bertz CT molecular complexity index is 799. The standard InChI is InChI=1S/C22H26ClFN2O2S/c1-3-4-13-25-22(28)16(2)26(14-17-5-9-19(24)10-6-17)21(27)15-29-20-11-7-18(23)8-12-20/h5-12,16H,3-4,13-15H2,1-2H3,(H,25,28)/t16-/m0/s1. The van der Waals surface area contributed by atoms with E-state index in [0.29, 0.717) is 11.6 Å². The molecule has 0 unspecified atom stereocenters. The maximum absolute atomic E-state index is 13.2. The molecular formula is C22H26ClFN2O2S. The topological polar surface area (TPSA) is 49.4 Å². The molecule has 0 heterocycles. The summed E-state index contributed by atoms with van der Waals surface area (Å²) in [5.41, 5.74) is 0.768. The average molecular weight is 437 g/mol. The van der Waals surface area contributed by atoms with E-state index in [9.17, 15) is 14.0 Å². The van der Waals surface area contributed by atoms with Crippen LogP contribution in [0.2, 0.25) is 5.02 Å². The first-order valence-electron chi connectivity index (χ1n) is 9.60. The van der Waals surface area contributed by atoms with E-state index in [1.165, 1.54) is 28.8 Å². The second kappa shape index (κ2) is 11.8. The maximum Gasteiger partial charge on any atom is 0.242 e. The van der Waals surface area contributed by atoms with Crippen LogP contribution in [0.5, 0.6) is 0 Å². The Morgan fingerprint density at radius 1 is 1.14 bits per heavy atom. The molecule has 0 aromatic heterocycles. The third kappa shape index (κ3) is 7.71. The largest absolute Gasteiger partial charge is 0.354 e. The third-order valence-electron chi connectivity index (χ3n) is 4.44. The molecule has 1 atom stereocenters. The molecule has 0 saturated heterocycles. The van der Waals surface area contributed by atoms with Crippen LogP contribution in [0.15, 0.2) is 53.4 Å². The number of carbonyl (C=O) groups excluding carboxylic acids is 2. The molecule has 0 spiro atoms. The molecule has 1 N–H and O–H groups in total. The van der Waals surface area contributed by atoms with E-state index in [1.807, 2.05) is 19.1 Å². The first-order valence-corrected chi connectivity index (χ1v) is 11.0. The average Bonchev–Trinajstić information content (AvgIpc) is 2.72. The number of unbranched alkanes of at least 4 members (excludes halogenated alkanes) is 1. The summed E-state index contributed by atoms with van der Waals surface area (Å²) in [6.07, 6.45) is 1.86. The fourth-order valence-corrected chi connectivity index (χ4v) is 3.57. The number of rotatable bonds is 10. The van der Waals surface area contributed by atoms with Gasteiger partial charge in [0, 0.05) is 23.0 Å². The van der Waals surface area contributed by atoms with Gasteiger partial charge in [0.1, 0.15) is 11.9 Å². The van der Waals surface area contributed by atoms with Crippen molar-refractivity contribution in [2.45, 2.75) is 44.2 Å². The molecule has 2 aromatic carbocycles. The molecular weight excluding hydrogens is 411 g/mol. The lowest BCUT2D eigenvalue weighted by Crippen LogP contribution is -2.48. The zero-order valence-corrected chi connectivity index (χ0v) is 18.2. The molecule has 2 aromatic rings. The van der Waals surface area contributed by atoms with Crippen LogP contribution in [0.3, 0.4) is 0 Å². The number of nitrogens with zero attached hydrogens (tertiary/aromatic N) is 1. The SMILES string of the molecule is CCCCNC(=O)[C@H](C)N(Cc1ccc(F)cc1)C(=O)CSc1ccc(Cl)cc1. The molecule has 0 aliphatic heterocycles. The highest BCUT2D eigenvalue weighted by atomic mass is 35.5. The van der Waals surface area contributed by atoms with Crippen LogP contribution in [0.4, 0.5) is 4.39 Å². The number of carbonyl (C=O) groups is 2. The molecule has 29 heavy (non-hydrogen) atoms. The molecule has 2 amide bonds. The number of thioether (sulfide) groups is 1. The Labute approximate surface area is 180 Å². The lowest BCUT2D eigenvalue weighted by Gasteiger charge is -2.28. The second-order valence-electron chi connectivity index (χ2n) is 6.71. The van der Waals surface area contributed by atoms with Crippen molar-refractivity contribution >= 4 is 35.2 Å². The van der Waals surface area contributed by atoms with Crippen LogP contribution in [0.1, 0.15) is 32.3 Å². The fraction of sp³-hybridized carbons (Fsp3) is 0.364. The van der Waals surface area contributed by atoms with Crippen molar-refractivity contribution in [1.29, 1.82) is 0 Å². The number of benzene rings is 2. The van der Waals surface area contributed by atoms with E-state index in [2.05, 4.69) is 5.32 Å². The van der Waals surface area contributed by atoms with E-state index in [4.69, 9.17) is 11.6 Å². The fourth-order valence-electron chi connectivity index (χ4n) is 2.66. The van der Waals surface area contributed by atoms with Gasteiger partial charge in [-0.3, -0.25) is 9.59 Å². The van der Waals surface area contributed by atoms with Gasteiger partial charge < -0.3 is 10.2 Å². The lowest BCUT2D eigenvalue weighted by molar-refractivity contribution is -0.138. The second-order valence-corrected chi connectivity index (χ2v) is 8.20. The third-order valence-corrected chi connectivity index (χ3v) is 5.69. The zero-order valence-electron chi connectivity index (χ0n) is 16.7. The Morgan fingerprint density at radius 3 is 2.41 bits per heavy atom. The van der Waals surface area contributed by atoms with Crippen molar-refractivity contribution in [2.24, 2.45) is 0 Å². The monoisotopic (exact) mass is 436 g/mol. The minimum atomic E-state index is -0.629. The van der Waals surface area contributed by atoms with Crippen LogP contribution in [-0.4, -0.2) is 35.1 Å². The van der Waals surface area contributed by atoms with Gasteiger partial charge in [0.2, 0.25) is 11.8 Å². The number of hydrogen-bond acceptors (Lipinski definition) is 3. The van der Waals surface area contributed by atoms with Gasteiger partial charge in [-0.15, -0.1) is 11.8 Å². The Kier molecular flexibility index (Phi) is 9.48. The van der Waals surface area contributed by atoms with Gasteiger partial charge in [-0.1, -0.05) is 37.1 Å². The number of hydrogen-bond donors (Lipinski definition) is 1. The van der Waals surface area contributed by atoms with Gasteiger partial charge >= 0.3 is 0 Å². The summed E-state index contributed by atoms with van der Waals surface area (Å²) >= 11 is 7.29. The minimum Gasteiger partial charge on any atom is -0.354 e. The molecule has 2 rings (SSSR count). The van der Waals surface area contributed by atoms with Gasteiger partial charge in [-0.25, -0.2) is 4.39 Å². The van der Waals surface area contributed by atoms with Crippen LogP contribution in [0.25, 0.3) is 0 Å². The summed E-state index contributed by atoms with van der Waals surface area (Å²) in [6, 6.07) is 12.6. The van der Waals surface area contributed by atoms with Crippen LogP contribution in [-0.2, 0) is 16.1 Å².